The molecule has 0 spiro atoms. The Morgan fingerprint density at radius 3 is 2.37 bits per heavy atom. The second-order valence-corrected chi connectivity index (χ2v) is 11.3. The number of carbonyl (C=O) groups is 2. The lowest BCUT2D eigenvalue weighted by Gasteiger charge is -2.32. The summed E-state index contributed by atoms with van der Waals surface area (Å²) in [6.07, 6.45) is 0.683. The third-order valence-corrected chi connectivity index (χ3v) is 7.72. The predicted molar refractivity (Wildman–Crippen MR) is 148 cm³/mol. The monoisotopic (exact) mass is 558 g/mol. The molecule has 10 heteroatoms. The van der Waals surface area contributed by atoms with E-state index in [1.165, 1.54) is 30.3 Å². The maximum absolute atomic E-state index is 13.8. The maximum atomic E-state index is 13.8. The summed E-state index contributed by atoms with van der Waals surface area (Å²) in [5, 5.41) is 12.9. The number of nitrogens with one attached hydrogen (secondary N) is 1. The molecule has 202 valence electrons. The molecule has 0 saturated carbocycles. The molecule has 0 fully saturated rings. The first-order valence-electron chi connectivity index (χ1n) is 12.1. The van der Waals surface area contributed by atoms with Crippen LogP contribution < -0.4 is 9.62 Å². The summed E-state index contributed by atoms with van der Waals surface area (Å²) in [7, 11) is -4.35. The summed E-state index contributed by atoms with van der Waals surface area (Å²) < 4.78 is 34.0. The van der Waals surface area contributed by atoms with Crippen LogP contribution in [0.25, 0.3) is 0 Å². The van der Waals surface area contributed by atoms with Gasteiger partial charge < -0.3 is 15.2 Å². The molecule has 0 bridgehead atoms. The van der Waals surface area contributed by atoms with E-state index in [4.69, 9.17) is 16.3 Å². The van der Waals surface area contributed by atoms with Gasteiger partial charge in [0.25, 0.3) is 10.0 Å². The normalized spacial score (nSPS) is 12.2. The van der Waals surface area contributed by atoms with Crippen LogP contribution in [0.1, 0.15) is 32.3 Å². The van der Waals surface area contributed by atoms with Crippen molar-refractivity contribution in [2.45, 2.75) is 44.2 Å². The number of ether oxygens (including phenoxy) is 1. The second kappa shape index (κ2) is 13.4. The molecular weight excluding hydrogens is 528 g/mol. The molecule has 0 aliphatic rings. The van der Waals surface area contributed by atoms with Crippen molar-refractivity contribution in [2.75, 3.05) is 16.2 Å². The number of anilines is 2. The molecule has 0 heterocycles. The van der Waals surface area contributed by atoms with E-state index >= 15 is 0 Å². The molecule has 38 heavy (non-hydrogen) atoms. The molecule has 1 amide bonds. The topological polar surface area (TPSA) is 113 Å². The van der Waals surface area contributed by atoms with Crippen molar-refractivity contribution in [3.8, 4) is 0 Å². The Morgan fingerprint density at radius 2 is 1.71 bits per heavy atom. The zero-order valence-electron chi connectivity index (χ0n) is 21.2. The molecule has 2 N–H and O–H groups in total. The number of carboxylic acid groups (broad SMARTS) is 1. The van der Waals surface area contributed by atoms with Gasteiger partial charge in [-0.05, 0) is 54.3 Å². The standard InChI is InChI=1S/C28H31ClN2O6S/c1-20(2)27(28(33)34)31(24-13-6-11-22(29)17-24)38(35,36)25-14-7-12-23(18-25)30-26(32)15-8-16-37-19-21-9-4-3-5-10-21/h3-7,9-14,17-18,20,27H,8,15-16,19H2,1-2H3,(H,30,32)(H,33,34). The predicted octanol–water partition coefficient (Wildman–Crippen LogP) is 5.58. The van der Waals surface area contributed by atoms with E-state index < -0.39 is 28.0 Å². The van der Waals surface area contributed by atoms with Crippen molar-refractivity contribution >= 4 is 44.9 Å². The number of hydrogen-bond acceptors (Lipinski definition) is 5. The van der Waals surface area contributed by atoms with E-state index in [1.807, 2.05) is 30.3 Å². The molecule has 0 aliphatic heterocycles. The maximum Gasteiger partial charge on any atom is 0.327 e. The molecule has 0 saturated heterocycles. The van der Waals surface area contributed by atoms with Gasteiger partial charge in [0.05, 0.1) is 17.2 Å². The summed E-state index contributed by atoms with van der Waals surface area (Å²) >= 11 is 6.10. The van der Waals surface area contributed by atoms with E-state index in [1.54, 1.807) is 32.0 Å². The Bertz CT molecular complexity index is 1350. The van der Waals surface area contributed by atoms with Gasteiger partial charge in [-0.1, -0.05) is 67.9 Å². The lowest BCUT2D eigenvalue weighted by atomic mass is 10.0. The smallest absolute Gasteiger partial charge is 0.327 e. The fraction of sp³-hybridized carbons (Fsp3) is 0.286. The summed E-state index contributed by atoms with van der Waals surface area (Å²) in [5.41, 5.74) is 1.46. The van der Waals surface area contributed by atoms with E-state index in [9.17, 15) is 23.1 Å². The summed E-state index contributed by atoms with van der Waals surface area (Å²) in [4.78, 5) is 24.5. The molecule has 1 unspecified atom stereocenters. The fourth-order valence-corrected chi connectivity index (χ4v) is 5.85. The van der Waals surface area contributed by atoms with Crippen molar-refractivity contribution < 1.29 is 27.9 Å². The number of rotatable bonds is 13. The van der Waals surface area contributed by atoms with Crippen molar-refractivity contribution in [2.24, 2.45) is 5.92 Å². The van der Waals surface area contributed by atoms with Crippen molar-refractivity contribution in [1.29, 1.82) is 0 Å². The van der Waals surface area contributed by atoms with Gasteiger partial charge in [-0.25, -0.2) is 13.2 Å². The highest BCUT2D eigenvalue weighted by Gasteiger charge is 2.38. The lowest BCUT2D eigenvalue weighted by molar-refractivity contribution is -0.139. The van der Waals surface area contributed by atoms with E-state index in [2.05, 4.69) is 5.32 Å². The Kier molecular flexibility index (Phi) is 10.3. The first-order chi connectivity index (χ1) is 18.1. The lowest BCUT2D eigenvalue weighted by Crippen LogP contribution is -2.48. The number of nitrogens with zero attached hydrogens (tertiary/aromatic N) is 1. The van der Waals surface area contributed by atoms with Crippen molar-refractivity contribution in [3.05, 3.63) is 89.4 Å². The van der Waals surface area contributed by atoms with Gasteiger partial charge in [-0.15, -0.1) is 0 Å². The van der Waals surface area contributed by atoms with Crippen LogP contribution in [0.4, 0.5) is 11.4 Å². The van der Waals surface area contributed by atoms with Gasteiger partial charge in [0, 0.05) is 23.7 Å². The summed E-state index contributed by atoms with van der Waals surface area (Å²) in [5.74, 6) is -2.13. The quantitative estimate of drug-likeness (QED) is 0.265. The number of amides is 1. The highest BCUT2D eigenvalue weighted by molar-refractivity contribution is 7.93. The van der Waals surface area contributed by atoms with Crippen molar-refractivity contribution in [3.63, 3.8) is 0 Å². The van der Waals surface area contributed by atoms with E-state index in [-0.39, 0.29) is 33.6 Å². The van der Waals surface area contributed by atoms with Gasteiger partial charge in [0.15, 0.2) is 0 Å². The number of carboxylic acids is 1. The van der Waals surface area contributed by atoms with Crippen LogP contribution in [-0.4, -0.2) is 38.0 Å². The minimum absolute atomic E-state index is 0.128. The molecule has 0 aromatic heterocycles. The van der Waals surface area contributed by atoms with Crippen molar-refractivity contribution in [1.82, 2.24) is 0 Å². The number of sulfonamides is 1. The van der Waals surface area contributed by atoms with Crippen LogP contribution in [0.3, 0.4) is 0 Å². The van der Waals surface area contributed by atoms with E-state index in [0.717, 1.165) is 9.87 Å². The first-order valence-corrected chi connectivity index (χ1v) is 14.0. The first kappa shape index (κ1) is 29.2. The van der Waals surface area contributed by atoms with Gasteiger partial charge in [0.1, 0.15) is 6.04 Å². The van der Waals surface area contributed by atoms with Gasteiger partial charge >= 0.3 is 5.97 Å². The number of benzene rings is 3. The number of aliphatic carboxylic acids is 1. The average Bonchev–Trinajstić information content (AvgIpc) is 2.87. The third kappa shape index (κ3) is 7.80. The highest BCUT2D eigenvalue weighted by atomic mass is 35.5. The molecular formula is C28H31ClN2O6S. The number of hydrogen-bond donors (Lipinski definition) is 2. The molecule has 0 aliphatic carbocycles. The molecule has 3 aromatic carbocycles. The Balaban J connectivity index is 1.73. The zero-order valence-corrected chi connectivity index (χ0v) is 22.8. The van der Waals surface area contributed by atoms with Crippen LogP contribution >= 0.6 is 11.6 Å². The summed E-state index contributed by atoms with van der Waals surface area (Å²) in [6.45, 7) is 4.12. The molecule has 0 radical (unpaired) electrons. The van der Waals surface area contributed by atoms with Crippen LogP contribution in [0.5, 0.6) is 0 Å². The average molecular weight is 559 g/mol. The molecule has 3 aromatic rings. The Morgan fingerprint density at radius 1 is 1.00 bits per heavy atom. The van der Waals surface area contributed by atoms with Gasteiger partial charge in [0.2, 0.25) is 5.91 Å². The number of carbonyl (C=O) groups excluding carboxylic acids is 1. The largest absolute Gasteiger partial charge is 0.480 e. The minimum Gasteiger partial charge on any atom is -0.480 e. The summed E-state index contributed by atoms with van der Waals surface area (Å²) in [6, 6.07) is 20.1. The molecule has 1 atom stereocenters. The zero-order chi connectivity index (χ0) is 27.7. The van der Waals surface area contributed by atoms with Crippen LogP contribution in [0, 0.1) is 5.92 Å². The Labute approximate surface area is 228 Å². The minimum atomic E-state index is -4.35. The van der Waals surface area contributed by atoms with Crippen LogP contribution in [0.15, 0.2) is 83.8 Å². The van der Waals surface area contributed by atoms with E-state index in [0.29, 0.717) is 19.6 Å². The molecule has 3 rings (SSSR count). The van der Waals surface area contributed by atoms with Crippen LogP contribution in [0.2, 0.25) is 5.02 Å². The SMILES string of the molecule is CC(C)C(C(=O)O)N(c1cccc(Cl)c1)S(=O)(=O)c1cccc(NC(=O)CCCOCc2ccccc2)c1. The van der Waals surface area contributed by atoms with Crippen LogP contribution in [-0.2, 0) is 31.0 Å². The highest BCUT2D eigenvalue weighted by Crippen LogP contribution is 2.31. The fourth-order valence-electron chi connectivity index (χ4n) is 3.89. The van der Waals surface area contributed by atoms with Gasteiger partial charge in [-0.2, -0.15) is 0 Å². The third-order valence-electron chi connectivity index (χ3n) is 5.68. The molecule has 8 nitrogen and oxygen atoms in total. The Hall–Kier alpha value is -3.40. The van der Waals surface area contributed by atoms with Gasteiger partial charge in [-0.3, -0.25) is 9.10 Å². The number of halogens is 1. The second-order valence-electron chi connectivity index (χ2n) is 9.03.